The number of urea groups is 1. The van der Waals surface area contributed by atoms with E-state index < -0.39 is 0 Å². The highest BCUT2D eigenvalue weighted by molar-refractivity contribution is 5.76. The first-order chi connectivity index (χ1) is 16.0. The molecule has 178 valence electrons. The monoisotopic (exact) mass is 455 g/mol. The Balaban J connectivity index is 1.77. The number of hydrogen-bond acceptors (Lipinski definition) is 6. The van der Waals surface area contributed by atoms with Crippen molar-refractivity contribution >= 4 is 6.03 Å². The van der Waals surface area contributed by atoms with Gasteiger partial charge < -0.3 is 29.6 Å². The smallest absolute Gasteiger partial charge is 0.317 e. The molecule has 1 saturated heterocycles. The number of benzene rings is 1. The maximum atomic E-state index is 12.9. The van der Waals surface area contributed by atoms with Crippen LogP contribution in [-0.4, -0.2) is 74.4 Å². The van der Waals surface area contributed by atoms with Gasteiger partial charge in [-0.3, -0.25) is 9.69 Å². The quantitative estimate of drug-likeness (QED) is 0.704. The Labute approximate surface area is 194 Å². The number of aryl methyl sites for hydroxylation is 1. The Kier molecular flexibility index (Phi) is 6.90. The first-order valence-corrected chi connectivity index (χ1v) is 11.3. The van der Waals surface area contributed by atoms with Gasteiger partial charge in [-0.15, -0.1) is 0 Å². The fourth-order valence-corrected chi connectivity index (χ4v) is 4.77. The molecule has 4 rings (SSSR count). The van der Waals surface area contributed by atoms with Gasteiger partial charge in [-0.05, 0) is 29.7 Å². The van der Waals surface area contributed by atoms with Crippen LogP contribution in [0, 0.1) is 0 Å². The summed E-state index contributed by atoms with van der Waals surface area (Å²) in [5.41, 5.74) is 4.50. The normalized spacial score (nSPS) is 16.3. The van der Waals surface area contributed by atoms with E-state index in [0.29, 0.717) is 25.1 Å². The Morgan fingerprint density at radius 2 is 1.76 bits per heavy atom. The zero-order chi connectivity index (χ0) is 23.5. The van der Waals surface area contributed by atoms with Crippen LogP contribution in [-0.2, 0) is 26.6 Å². The van der Waals surface area contributed by atoms with Gasteiger partial charge in [0.15, 0.2) is 0 Å². The van der Waals surface area contributed by atoms with E-state index in [1.165, 1.54) is 0 Å². The number of nitrogens with one attached hydrogen (secondary N) is 2. The minimum atomic E-state index is -0.172. The molecule has 2 aliphatic rings. The van der Waals surface area contributed by atoms with Crippen molar-refractivity contribution in [3.8, 4) is 22.6 Å². The van der Waals surface area contributed by atoms with Crippen LogP contribution in [0.4, 0.5) is 4.79 Å². The first-order valence-electron chi connectivity index (χ1n) is 11.3. The molecule has 0 radical (unpaired) electrons. The zero-order valence-corrected chi connectivity index (χ0v) is 19.9. The fourth-order valence-electron chi connectivity index (χ4n) is 4.77. The molecule has 1 aromatic carbocycles. The van der Waals surface area contributed by atoms with Crippen molar-refractivity contribution in [2.24, 2.45) is 7.05 Å². The molecule has 3 heterocycles. The lowest BCUT2D eigenvalue weighted by Crippen LogP contribution is -2.44. The number of rotatable bonds is 5. The van der Waals surface area contributed by atoms with E-state index in [4.69, 9.17) is 9.47 Å². The second-order valence-corrected chi connectivity index (χ2v) is 8.53. The van der Waals surface area contributed by atoms with Crippen LogP contribution in [0.5, 0.6) is 11.5 Å². The van der Waals surface area contributed by atoms with Gasteiger partial charge in [0, 0.05) is 70.7 Å². The number of pyridine rings is 1. The molecule has 0 bridgehead atoms. The summed E-state index contributed by atoms with van der Waals surface area (Å²) in [5.74, 6) is 1.54. The van der Waals surface area contributed by atoms with E-state index in [1.54, 1.807) is 37.8 Å². The average Bonchev–Trinajstić information content (AvgIpc) is 2.86. The SMILES string of the molecule is CNC(=O)N1CCc2c(-c3cc(OC)c(CN4CCNCC4)c(OC)c3)cn(C)c(=O)c2C1. The number of aromatic nitrogens is 1. The van der Waals surface area contributed by atoms with Crippen LogP contribution in [0.25, 0.3) is 11.1 Å². The summed E-state index contributed by atoms with van der Waals surface area (Å²) in [7, 11) is 6.71. The van der Waals surface area contributed by atoms with Gasteiger partial charge in [0.2, 0.25) is 0 Å². The van der Waals surface area contributed by atoms with Gasteiger partial charge in [0.25, 0.3) is 5.56 Å². The molecule has 0 saturated carbocycles. The van der Waals surface area contributed by atoms with Crippen LogP contribution in [0.1, 0.15) is 16.7 Å². The van der Waals surface area contributed by atoms with Crippen molar-refractivity contribution in [3.63, 3.8) is 0 Å². The van der Waals surface area contributed by atoms with Crippen molar-refractivity contribution in [2.75, 3.05) is 54.0 Å². The van der Waals surface area contributed by atoms with Crippen LogP contribution in [0.3, 0.4) is 0 Å². The van der Waals surface area contributed by atoms with Gasteiger partial charge in [-0.1, -0.05) is 0 Å². The van der Waals surface area contributed by atoms with Gasteiger partial charge in [0.05, 0.1) is 26.3 Å². The molecular formula is C24H33N5O4. The molecule has 1 aromatic heterocycles. The highest BCUT2D eigenvalue weighted by atomic mass is 16.5. The molecule has 0 unspecified atom stereocenters. The molecule has 2 amide bonds. The number of nitrogens with zero attached hydrogens (tertiary/aromatic N) is 3. The summed E-state index contributed by atoms with van der Waals surface area (Å²) in [5, 5.41) is 6.03. The molecule has 9 heteroatoms. The number of carbonyl (C=O) groups is 1. The lowest BCUT2D eigenvalue weighted by Gasteiger charge is -2.30. The fraction of sp³-hybridized carbons (Fsp3) is 0.500. The zero-order valence-electron chi connectivity index (χ0n) is 19.9. The van der Waals surface area contributed by atoms with Crippen LogP contribution < -0.4 is 25.7 Å². The average molecular weight is 456 g/mol. The first kappa shape index (κ1) is 23.1. The lowest BCUT2D eigenvalue weighted by molar-refractivity contribution is 0.194. The second kappa shape index (κ2) is 9.84. The maximum absolute atomic E-state index is 12.9. The third-order valence-corrected chi connectivity index (χ3v) is 6.58. The number of fused-ring (bicyclic) bond motifs is 1. The number of ether oxygens (including phenoxy) is 2. The van der Waals surface area contributed by atoms with Crippen molar-refractivity contribution in [1.82, 2.24) is 25.0 Å². The summed E-state index contributed by atoms with van der Waals surface area (Å²) in [4.78, 5) is 29.1. The molecule has 2 aromatic rings. The minimum absolute atomic E-state index is 0.0726. The van der Waals surface area contributed by atoms with E-state index in [0.717, 1.165) is 66.5 Å². The molecule has 2 aliphatic heterocycles. The van der Waals surface area contributed by atoms with Gasteiger partial charge >= 0.3 is 6.03 Å². The highest BCUT2D eigenvalue weighted by Gasteiger charge is 2.27. The molecule has 33 heavy (non-hydrogen) atoms. The summed E-state index contributed by atoms with van der Waals surface area (Å²) in [6.07, 6.45) is 2.49. The van der Waals surface area contributed by atoms with Gasteiger partial charge in [0.1, 0.15) is 11.5 Å². The molecule has 0 spiro atoms. The summed E-state index contributed by atoms with van der Waals surface area (Å²) in [6, 6.07) is 3.89. The molecule has 2 N–H and O–H groups in total. The number of piperazine rings is 1. The van der Waals surface area contributed by atoms with Gasteiger partial charge in [-0.25, -0.2) is 4.79 Å². The van der Waals surface area contributed by atoms with E-state index in [1.807, 2.05) is 18.3 Å². The predicted molar refractivity (Wildman–Crippen MR) is 127 cm³/mol. The summed E-state index contributed by atoms with van der Waals surface area (Å²) < 4.78 is 13.2. The third-order valence-electron chi connectivity index (χ3n) is 6.58. The predicted octanol–water partition coefficient (Wildman–Crippen LogP) is 1.17. The number of amides is 2. The Bertz CT molecular complexity index is 1070. The maximum Gasteiger partial charge on any atom is 0.317 e. The number of hydrogen-bond donors (Lipinski definition) is 2. The highest BCUT2D eigenvalue weighted by Crippen LogP contribution is 2.38. The molecule has 1 fully saturated rings. The van der Waals surface area contributed by atoms with Crippen molar-refractivity contribution < 1.29 is 14.3 Å². The Morgan fingerprint density at radius 3 is 2.36 bits per heavy atom. The molecule has 9 nitrogen and oxygen atoms in total. The van der Waals surface area contributed by atoms with E-state index in [-0.39, 0.29) is 11.6 Å². The number of carbonyl (C=O) groups excluding carboxylic acids is 1. The Morgan fingerprint density at radius 1 is 1.09 bits per heavy atom. The third kappa shape index (κ3) is 4.56. The molecule has 0 aliphatic carbocycles. The second-order valence-electron chi connectivity index (χ2n) is 8.53. The largest absolute Gasteiger partial charge is 0.496 e. The molecular weight excluding hydrogens is 422 g/mol. The van der Waals surface area contributed by atoms with Crippen LogP contribution in [0.15, 0.2) is 23.1 Å². The van der Waals surface area contributed by atoms with Crippen molar-refractivity contribution in [1.29, 1.82) is 0 Å². The van der Waals surface area contributed by atoms with E-state index in [2.05, 4.69) is 15.5 Å². The number of methoxy groups -OCH3 is 2. The topological polar surface area (TPSA) is 88.1 Å². The minimum Gasteiger partial charge on any atom is -0.496 e. The van der Waals surface area contributed by atoms with Crippen LogP contribution in [0.2, 0.25) is 0 Å². The van der Waals surface area contributed by atoms with E-state index in [9.17, 15) is 9.59 Å². The Hall–Kier alpha value is -3.04. The van der Waals surface area contributed by atoms with Gasteiger partial charge in [-0.2, -0.15) is 0 Å². The molecule has 0 atom stereocenters. The van der Waals surface area contributed by atoms with E-state index >= 15 is 0 Å². The standard InChI is InChI=1S/C24H33N5O4/c1-25-24(31)29-8-5-17-18(13-27(2)23(30)19(17)15-29)16-11-21(32-3)20(22(12-16)33-4)14-28-9-6-26-7-10-28/h11-13,26H,5-10,14-15H2,1-4H3,(H,25,31). The lowest BCUT2D eigenvalue weighted by atomic mass is 9.91. The summed E-state index contributed by atoms with van der Waals surface area (Å²) >= 11 is 0. The summed E-state index contributed by atoms with van der Waals surface area (Å²) in [6.45, 7) is 5.50. The van der Waals surface area contributed by atoms with Crippen LogP contribution >= 0.6 is 0 Å². The van der Waals surface area contributed by atoms with Crippen molar-refractivity contribution in [3.05, 3.63) is 45.4 Å². The van der Waals surface area contributed by atoms with Crippen molar-refractivity contribution in [2.45, 2.75) is 19.5 Å².